The molecule has 1 N–H and O–H groups in total. The molecule has 0 aliphatic rings. The first-order valence-electron chi connectivity index (χ1n) is 8.19. The Kier molecular flexibility index (Phi) is 6.33. The van der Waals surface area contributed by atoms with E-state index in [0.717, 1.165) is 5.56 Å². The molecule has 6 heteroatoms. The molecule has 0 aromatic heterocycles. The van der Waals surface area contributed by atoms with Crippen LogP contribution in [0.4, 0.5) is 0 Å². The molecule has 0 heterocycles. The van der Waals surface area contributed by atoms with Gasteiger partial charge in [0.1, 0.15) is 6.04 Å². The third-order valence-corrected chi connectivity index (χ3v) is 5.22. The molecule has 2 rings (SSSR count). The first-order chi connectivity index (χ1) is 11.8. The maximum absolute atomic E-state index is 12.7. The minimum Gasteiger partial charge on any atom is -0.465 e. The summed E-state index contributed by atoms with van der Waals surface area (Å²) in [4.78, 5) is 12.4. The Balaban J connectivity index is 2.31. The lowest BCUT2D eigenvalue weighted by atomic mass is 10.0. The van der Waals surface area contributed by atoms with Gasteiger partial charge < -0.3 is 4.74 Å². The van der Waals surface area contributed by atoms with E-state index in [1.165, 1.54) is 0 Å². The summed E-state index contributed by atoms with van der Waals surface area (Å²) in [6.07, 6.45) is 0. The maximum atomic E-state index is 12.7. The molecule has 0 spiro atoms. The Bertz CT molecular complexity index is 799. The second kappa shape index (κ2) is 8.27. The Hall–Kier alpha value is -2.18. The Morgan fingerprint density at radius 3 is 2.12 bits per heavy atom. The topological polar surface area (TPSA) is 72.5 Å². The highest BCUT2D eigenvalue weighted by Crippen LogP contribution is 2.21. The van der Waals surface area contributed by atoms with Crippen molar-refractivity contribution in [2.75, 3.05) is 6.61 Å². The second-order valence-corrected chi connectivity index (χ2v) is 7.65. The molecule has 5 nitrogen and oxygen atoms in total. The first kappa shape index (κ1) is 19.1. The summed E-state index contributed by atoms with van der Waals surface area (Å²) in [5.41, 5.74) is 1.58. The molecule has 0 radical (unpaired) electrons. The van der Waals surface area contributed by atoms with Gasteiger partial charge in [-0.1, -0.05) is 56.3 Å². The van der Waals surface area contributed by atoms with Crippen molar-refractivity contribution < 1.29 is 17.9 Å². The zero-order valence-electron chi connectivity index (χ0n) is 14.6. The van der Waals surface area contributed by atoms with Crippen LogP contribution >= 0.6 is 0 Å². The number of hydrogen-bond donors (Lipinski definition) is 1. The third kappa shape index (κ3) is 4.90. The number of carbonyl (C=O) groups is 1. The Morgan fingerprint density at radius 2 is 1.60 bits per heavy atom. The summed E-state index contributed by atoms with van der Waals surface area (Å²) < 4.78 is 32.9. The lowest BCUT2D eigenvalue weighted by Gasteiger charge is -2.18. The van der Waals surface area contributed by atoms with Gasteiger partial charge in [0.15, 0.2) is 0 Å². The van der Waals surface area contributed by atoms with Crippen LogP contribution in [-0.4, -0.2) is 21.0 Å². The van der Waals surface area contributed by atoms with Crippen LogP contribution in [0.25, 0.3) is 0 Å². The first-order valence-corrected chi connectivity index (χ1v) is 9.67. The van der Waals surface area contributed by atoms with Crippen molar-refractivity contribution >= 4 is 16.0 Å². The number of benzene rings is 2. The quantitative estimate of drug-likeness (QED) is 0.767. The molecular weight excluding hydrogens is 338 g/mol. The highest BCUT2D eigenvalue weighted by molar-refractivity contribution is 7.89. The van der Waals surface area contributed by atoms with Crippen LogP contribution in [0.2, 0.25) is 0 Å². The molecule has 0 aliphatic carbocycles. The van der Waals surface area contributed by atoms with Crippen LogP contribution in [-0.2, 0) is 19.6 Å². The molecule has 0 saturated carbocycles. The van der Waals surface area contributed by atoms with Gasteiger partial charge in [0, 0.05) is 0 Å². The Morgan fingerprint density at radius 1 is 1.00 bits per heavy atom. The summed E-state index contributed by atoms with van der Waals surface area (Å²) in [6.45, 7) is 5.92. The summed E-state index contributed by atoms with van der Waals surface area (Å²) in [5, 5.41) is 0. The molecule has 2 aromatic rings. The Labute approximate surface area is 149 Å². The van der Waals surface area contributed by atoms with Crippen molar-refractivity contribution in [2.45, 2.75) is 37.6 Å². The van der Waals surface area contributed by atoms with E-state index in [4.69, 9.17) is 4.74 Å². The highest BCUT2D eigenvalue weighted by Gasteiger charge is 2.28. The molecule has 134 valence electrons. The number of hydrogen-bond acceptors (Lipinski definition) is 4. The summed E-state index contributed by atoms with van der Waals surface area (Å²) >= 11 is 0. The third-order valence-electron chi connectivity index (χ3n) is 3.79. The molecule has 0 bridgehead atoms. The average molecular weight is 361 g/mol. The van der Waals surface area contributed by atoms with Gasteiger partial charge in [0.2, 0.25) is 10.0 Å². The van der Waals surface area contributed by atoms with Crippen molar-refractivity contribution in [1.29, 1.82) is 0 Å². The van der Waals surface area contributed by atoms with E-state index in [0.29, 0.717) is 11.5 Å². The summed E-state index contributed by atoms with van der Waals surface area (Å²) in [5.74, 6) is -0.322. The molecule has 2 aromatic carbocycles. The number of sulfonamides is 1. The highest BCUT2D eigenvalue weighted by atomic mass is 32.2. The standard InChI is InChI=1S/C19H23NO4S/c1-4-24-19(21)18(16-8-6-5-7-9-16)20-25(22,23)17-12-10-15(11-13-17)14(2)3/h5-14,18,20H,4H2,1-3H3. The maximum Gasteiger partial charge on any atom is 0.328 e. The molecule has 1 atom stereocenters. The van der Waals surface area contributed by atoms with Gasteiger partial charge in [-0.2, -0.15) is 4.72 Å². The summed E-state index contributed by atoms with van der Waals surface area (Å²) in [6, 6.07) is 14.2. The molecule has 0 aliphatic heterocycles. The fraction of sp³-hybridized carbons (Fsp3) is 0.316. The van der Waals surface area contributed by atoms with Crippen LogP contribution in [0.5, 0.6) is 0 Å². The van der Waals surface area contributed by atoms with Crippen LogP contribution in [0.3, 0.4) is 0 Å². The number of carbonyl (C=O) groups excluding carboxylic acids is 1. The van der Waals surface area contributed by atoms with E-state index < -0.39 is 22.0 Å². The van der Waals surface area contributed by atoms with E-state index in [1.54, 1.807) is 61.5 Å². The van der Waals surface area contributed by atoms with Gasteiger partial charge in [-0.15, -0.1) is 0 Å². The number of nitrogens with one attached hydrogen (secondary N) is 1. The average Bonchev–Trinajstić information content (AvgIpc) is 2.60. The minimum absolute atomic E-state index is 0.113. The van der Waals surface area contributed by atoms with Crippen molar-refractivity contribution in [3.05, 3.63) is 65.7 Å². The second-order valence-electron chi connectivity index (χ2n) is 5.94. The molecule has 25 heavy (non-hydrogen) atoms. The van der Waals surface area contributed by atoms with Crippen LogP contribution in [0, 0.1) is 0 Å². The summed E-state index contributed by atoms with van der Waals surface area (Å²) in [7, 11) is -3.86. The molecular formula is C19H23NO4S. The van der Waals surface area contributed by atoms with Gasteiger partial charge >= 0.3 is 5.97 Å². The van der Waals surface area contributed by atoms with Crippen molar-refractivity contribution in [2.24, 2.45) is 0 Å². The fourth-order valence-corrected chi connectivity index (χ4v) is 3.55. The lowest BCUT2D eigenvalue weighted by molar-refractivity contribution is -0.145. The van der Waals surface area contributed by atoms with Gasteiger partial charge in [-0.3, -0.25) is 0 Å². The van der Waals surface area contributed by atoms with E-state index in [1.807, 2.05) is 13.8 Å². The predicted molar refractivity (Wildman–Crippen MR) is 96.7 cm³/mol. The number of rotatable bonds is 7. The lowest BCUT2D eigenvalue weighted by Crippen LogP contribution is -2.35. The zero-order valence-corrected chi connectivity index (χ0v) is 15.4. The molecule has 0 fully saturated rings. The van der Waals surface area contributed by atoms with E-state index in [-0.39, 0.29) is 11.5 Å². The number of esters is 1. The number of ether oxygens (including phenoxy) is 1. The molecule has 0 amide bonds. The van der Waals surface area contributed by atoms with Crippen molar-refractivity contribution in [1.82, 2.24) is 4.72 Å². The largest absolute Gasteiger partial charge is 0.465 e. The molecule has 1 unspecified atom stereocenters. The normalized spacial score (nSPS) is 12.8. The van der Waals surface area contributed by atoms with E-state index >= 15 is 0 Å². The molecule has 0 saturated heterocycles. The van der Waals surface area contributed by atoms with Crippen molar-refractivity contribution in [3.63, 3.8) is 0 Å². The van der Waals surface area contributed by atoms with Crippen LogP contribution in [0.15, 0.2) is 59.5 Å². The minimum atomic E-state index is -3.86. The van der Waals surface area contributed by atoms with E-state index in [9.17, 15) is 13.2 Å². The predicted octanol–water partition coefficient (Wildman–Crippen LogP) is 3.39. The van der Waals surface area contributed by atoms with E-state index in [2.05, 4.69) is 4.72 Å². The smallest absolute Gasteiger partial charge is 0.328 e. The van der Waals surface area contributed by atoms with Crippen LogP contribution < -0.4 is 4.72 Å². The van der Waals surface area contributed by atoms with Gasteiger partial charge in [0.25, 0.3) is 0 Å². The monoisotopic (exact) mass is 361 g/mol. The van der Waals surface area contributed by atoms with Crippen LogP contribution in [0.1, 0.15) is 43.9 Å². The SMILES string of the molecule is CCOC(=O)C(NS(=O)(=O)c1ccc(C(C)C)cc1)c1ccccc1. The zero-order chi connectivity index (χ0) is 18.4. The van der Waals surface area contributed by atoms with Crippen molar-refractivity contribution in [3.8, 4) is 0 Å². The fourth-order valence-electron chi connectivity index (χ4n) is 2.38. The van der Waals surface area contributed by atoms with Gasteiger partial charge in [-0.05, 0) is 36.1 Å². The van der Waals surface area contributed by atoms with Gasteiger partial charge in [0.05, 0.1) is 11.5 Å². The van der Waals surface area contributed by atoms with Gasteiger partial charge in [-0.25, -0.2) is 13.2 Å².